The van der Waals surface area contributed by atoms with E-state index in [1.54, 1.807) is 0 Å². The number of hydrogen-bond acceptors (Lipinski definition) is 4. The quantitative estimate of drug-likeness (QED) is 0.285. The predicted molar refractivity (Wildman–Crippen MR) is 67.3 cm³/mol. The number of nitrogens with zero attached hydrogens (tertiary/aromatic N) is 2. The molecule has 0 bridgehead atoms. The van der Waals surface area contributed by atoms with E-state index in [-0.39, 0.29) is 0 Å². The van der Waals surface area contributed by atoms with Crippen LogP contribution in [-0.2, 0) is 19.3 Å². The second-order valence-corrected chi connectivity index (χ2v) is 3.74. The monoisotopic (exact) mass is 260 g/mol. The van der Waals surface area contributed by atoms with Crippen LogP contribution in [0.3, 0.4) is 0 Å². The minimum atomic E-state index is 0.501. The largest absolute Gasteiger partial charge is 0.276 e. The van der Waals surface area contributed by atoms with E-state index in [0.29, 0.717) is 39.1 Å². The molecule has 0 aliphatic heterocycles. The van der Waals surface area contributed by atoms with Crippen LogP contribution < -0.4 is 0 Å². The summed E-state index contributed by atoms with van der Waals surface area (Å²) in [6.45, 7) is 5.92. The number of carbonyl (C=O) groups excluding carboxylic acids is 2. The van der Waals surface area contributed by atoms with Crippen molar-refractivity contribution in [1.29, 1.82) is 0 Å². The van der Waals surface area contributed by atoms with Crippen molar-refractivity contribution < 1.29 is 19.3 Å². The van der Waals surface area contributed by atoms with Crippen LogP contribution in [0.4, 0.5) is 0 Å². The van der Waals surface area contributed by atoms with Crippen LogP contribution in [0.2, 0.25) is 0 Å². The summed E-state index contributed by atoms with van der Waals surface area (Å²) >= 11 is 0. The van der Waals surface area contributed by atoms with Crippen LogP contribution >= 0.6 is 0 Å². The zero-order valence-corrected chi connectivity index (χ0v) is 11.3. The molecule has 106 valence electrons. The first-order valence-electron chi connectivity index (χ1n) is 6.48. The van der Waals surface area contributed by atoms with Crippen molar-refractivity contribution in [3.8, 4) is 0 Å². The van der Waals surface area contributed by atoms with Crippen molar-refractivity contribution >= 4 is 12.8 Å². The molecule has 0 spiro atoms. The van der Waals surface area contributed by atoms with E-state index in [9.17, 15) is 9.59 Å². The Labute approximate surface area is 109 Å². The van der Waals surface area contributed by atoms with Gasteiger partial charge in [-0.1, -0.05) is 12.8 Å². The fraction of sp³-hybridized carbons (Fsp3) is 0.833. The third kappa shape index (κ3) is 8.95. The summed E-state index contributed by atoms with van der Waals surface area (Å²) in [5, 5.41) is 2.63. The first-order chi connectivity index (χ1) is 8.78. The van der Waals surface area contributed by atoms with Gasteiger partial charge in [0.15, 0.2) is 0 Å². The molecular weight excluding hydrogens is 236 g/mol. The van der Waals surface area contributed by atoms with Crippen LogP contribution in [0.15, 0.2) is 0 Å². The van der Waals surface area contributed by atoms with E-state index < -0.39 is 0 Å². The van der Waals surface area contributed by atoms with Gasteiger partial charge in [0, 0.05) is 13.1 Å². The van der Waals surface area contributed by atoms with E-state index in [1.165, 1.54) is 10.1 Å². The number of unbranched alkanes of at least 4 members (excludes halogenated alkanes) is 3. The summed E-state index contributed by atoms with van der Waals surface area (Å²) in [7, 11) is 0. The lowest BCUT2D eigenvalue weighted by Crippen LogP contribution is -2.24. The van der Waals surface area contributed by atoms with Crippen molar-refractivity contribution in [2.45, 2.75) is 39.5 Å². The molecule has 0 unspecified atom stereocenters. The molecule has 0 aromatic carbocycles. The lowest BCUT2D eigenvalue weighted by molar-refractivity contribution is -0.171. The SMILES string of the molecule is CCON(C=O)CCCCCCN(C=O)OCC. The molecule has 0 radical (unpaired) electrons. The highest BCUT2D eigenvalue weighted by molar-refractivity contribution is 5.45. The first kappa shape index (κ1) is 16.9. The molecule has 0 aliphatic rings. The molecule has 0 saturated heterocycles. The highest BCUT2D eigenvalue weighted by Gasteiger charge is 2.02. The Hall–Kier alpha value is -1.14. The second kappa shape index (κ2) is 12.3. The Morgan fingerprint density at radius 3 is 1.44 bits per heavy atom. The molecule has 6 nitrogen and oxygen atoms in total. The minimum Gasteiger partial charge on any atom is -0.276 e. The Balaban J connectivity index is 3.44. The summed E-state index contributed by atoms with van der Waals surface area (Å²) in [5.41, 5.74) is 0. The molecule has 0 fully saturated rings. The molecule has 2 amide bonds. The molecule has 0 aliphatic carbocycles. The van der Waals surface area contributed by atoms with Crippen LogP contribution in [0.25, 0.3) is 0 Å². The van der Waals surface area contributed by atoms with Crippen molar-refractivity contribution in [2.24, 2.45) is 0 Å². The van der Waals surface area contributed by atoms with E-state index >= 15 is 0 Å². The van der Waals surface area contributed by atoms with Gasteiger partial charge in [-0.3, -0.25) is 19.3 Å². The standard InChI is InChI=1S/C12H24N2O4/c1-3-17-13(11-15)9-7-5-6-8-10-14(12-16)18-4-2/h11-12H,3-10H2,1-2H3. The molecule has 0 aromatic rings. The molecule has 18 heavy (non-hydrogen) atoms. The summed E-state index contributed by atoms with van der Waals surface area (Å²) in [6.07, 6.45) is 5.19. The van der Waals surface area contributed by atoms with E-state index in [2.05, 4.69) is 0 Å². The number of hydrogen-bond donors (Lipinski definition) is 0. The highest BCUT2D eigenvalue weighted by atomic mass is 16.7. The molecule has 0 saturated carbocycles. The topological polar surface area (TPSA) is 59.1 Å². The van der Waals surface area contributed by atoms with Gasteiger partial charge in [0.2, 0.25) is 12.8 Å². The third-order valence-corrected chi connectivity index (χ3v) is 2.33. The van der Waals surface area contributed by atoms with Gasteiger partial charge in [0.25, 0.3) is 0 Å². The summed E-state index contributed by atoms with van der Waals surface area (Å²) in [6, 6.07) is 0. The Bertz CT molecular complexity index is 192. The summed E-state index contributed by atoms with van der Waals surface area (Å²) < 4.78 is 0. The maximum Gasteiger partial charge on any atom is 0.233 e. The van der Waals surface area contributed by atoms with Crippen LogP contribution in [0, 0.1) is 0 Å². The lowest BCUT2D eigenvalue weighted by atomic mass is 10.2. The average Bonchev–Trinajstić information content (AvgIpc) is 2.39. The normalized spacial score (nSPS) is 10.1. The Morgan fingerprint density at radius 2 is 1.17 bits per heavy atom. The summed E-state index contributed by atoms with van der Waals surface area (Å²) in [4.78, 5) is 31.3. The van der Waals surface area contributed by atoms with Gasteiger partial charge in [-0.05, 0) is 26.7 Å². The van der Waals surface area contributed by atoms with Crippen molar-refractivity contribution in [3.63, 3.8) is 0 Å². The molecule has 0 rings (SSSR count). The molecule has 0 atom stereocenters. The van der Waals surface area contributed by atoms with E-state index in [0.717, 1.165) is 25.7 Å². The minimum absolute atomic E-state index is 0.501. The van der Waals surface area contributed by atoms with Gasteiger partial charge in [-0.2, -0.15) is 0 Å². The number of rotatable bonds is 13. The molecule has 0 N–H and O–H groups in total. The van der Waals surface area contributed by atoms with Crippen LogP contribution in [-0.4, -0.2) is 49.2 Å². The zero-order chi connectivity index (χ0) is 13.6. The van der Waals surface area contributed by atoms with Gasteiger partial charge >= 0.3 is 0 Å². The molecule has 0 heterocycles. The third-order valence-electron chi connectivity index (χ3n) is 2.33. The second-order valence-electron chi connectivity index (χ2n) is 3.74. The first-order valence-corrected chi connectivity index (χ1v) is 6.48. The molecule has 6 heteroatoms. The van der Waals surface area contributed by atoms with Gasteiger partial charge < -0.3 is 0 Å². The van der Waals surface area contributed by atoms with Crippen molar-refractivity contribution in [1.82, 2.24) is 10.1 Å². The Kier molecular flexibility index (Phi) is 11.5. The predicted octanol–water partition coefficient (Wildman–Crippen LogP) is 1.37. The number of carbonyl (C=O) groups is 2. The average molecular weight is 260 g/mol. The van der Waals surface area contributed by atoms with Crippen LogP contribution in [0.1, 0.15) is 39.5 Å². The van der Waals surface area contributed by atoms with Crippen LogP contribution in [0.5, 0.6) is 0 Å². The number of hydroxylamine groups is 4. The van der Waals surface area contributed by atoms with Crippen molar-refractivity contribution in [3.05, 3.63) is 0 Å². The fourth-order valence-corrected chi connectivity index (χ4v) is 1.52. The van der Waals surface area contributed by atoms with Gasteiger partial charge in [-0.25, -0.2) is 10.1 Å². The molecule has 0 aromatic heterocycles. The number of amides is 2. The highest BCUT2D eigenvalue weighted by Crippen LogP contribution is 2.03. The van der Waals surface area contributed by atoms with Gasteiger partial charge in [-0.15, -0.1) is 0 Å². The van der Waals surface area contributed by atoms with Crippen molar-refractivity contribution in [2.75, 3.05) is 26.3 Å². The smallest absolute Gasteiger partial charge is 0.233 e. The van der Waals surface area contributed by atoms with Gasteiger partial charge in [0.05, 0.1) is 13.2 Å². The Morgan fingerprint density at radius 1 is 0.778 bits per heavy atom. The van der Waals surface area contributed by atoms with Gasteiger partial charge in [0.1, 0.15) is 0 Å². The summed E-state index contributed by atoms with van der Waals surface area (Å²) in [5.74, 6) is 0. The zero-order valence-electron chi connectivity index (χ0n) is 11.3. The lowest BCUT2D eigenvalue weighted by Gasteiger charge is -2.16. The maximum absolute atomic E-state index is 10.6. The van der Waals surface area contributed by atoms with E-state index in [1.807, 2.05) is 13.8 Å². The molecular formula is C12H24N2O4. The fourth-order valence-electron chi connectivity index (χ4n) is 1.52. The maximum atomic E-state index is 10.6. The van der Waals surface area contributed by atoms with E-state index in [4.69, 9.17) is 9.68 Å².